The van der Waals surface area contributed by atoms with Gasteiger partial charge in [-0.15, -0.1) is 0 Å². The molecule has 0 aromatic rings. The lowest BCUT2D eigenvalue weighted by atomic mass is 9.95. The minimum Gasteiger partial charge on any atom is -0.312 e. The summed E-state index contributed by atoms with van der Waals surface area (Å²) in [6, 6.07) is 3.05. The molecule has 1 atom stereocenters. The maximum atomic E-state index is 9.28. The van der Waals surface area contributed by atoms with Crippen LogP contribution in [0.2, 0.25) is 0 Å². The van der Waals surface area contributed by atoms with E-state index in [1.807, 2.05) is 0 Å². The molecular formula is C13H23N3. The average Bonchev–Trinajstić information content (AvgIpc) is 3.03. The normalized spacial score (nSPS) is 25.6. The van der Waals surface area contributed by atoms with Crippen LogP contribution in [0.1, 0.15) is 45.4 Å². The van der Waals surface area contributed by atoms with Gasteiger partial charge in [0.1, 0.15) is 5.54 Å². The number of hydrogen-bond donors (Lipinski definition) is 1. The lowest BCUT2D eigenvalue weighted by Crippen LogP contribution is -2.53. The maximum Gasteiger partial charge on any atom is 0.119 e. The second-order valence-electron chi connectivity index (χ2n) is 5.43. The van der Waals surface area contributed by atoms with E-state index in [2.05, 4.69) is 17.9 Å². The molecule has 0 aliphatic heterocycles. The van der Waals surface area contributed by atoms with Crippen LogP contribution < -0.4 is 5.73 Å². The Morgan fingerprint density at radius 3 is 2.38 bits per heavy atom. The molecule has 2 N–H and O–H groups in total. The molecule has 3 heteroatoms. The van der Waals surface area contributed by atoms with Crippen molar-refractivity contribution in [2.24, 2.45) is 11.7 Å². The molecule has 90 valence electrons. The summed E-state index contributed by atoms with van der Waals surface area (Å²) in [4.78, 5) is 2.44. The lowest BCUT2D eigenvalue weighted by Gasteiger charge is -2.34. The first-order chi connectivity index (χ1) is 7.69. The molecule has 0 saturated heterocycles. The van der Waals surface area contributed by atoms with Crippen molar-refractivity contribution in [2.45, 2.75) is 57.0 Å². The SMILES string of the molecule is CCN(CC(N)(C#N)C1CC1)C1CCCC1. The fourth-order valence-electron chi connectivity index (χ4n) is 2.96. The Bertz CT molecular complexity index is 273. The fraction of sp³-hybridized carbons (Fsp3) is 0.923. The van der Waals surface area contributed by atoms with Crippen LogP contribution in [0.25, 0.3) is 0 Å². The topological polar surface area (TPSA) is 53.0 Å². The van der Waals surface area contributed by atoms with Gasteiger partial charge in [-0.1, -0.05) is 19.8 Å². The van der Waals surface area contributed by atoms with Gasteiger partial charge >= 0.3 is 0 Å². The largest absolute Gasteiger partial charge is 0.312 e. The van der Waals surface area contributed by atoms with Gasteiger partial charge in [-0.3, -0.25) is 4.90 Å². The highest BCUT2D eigenvalue weighted by Crippen LogP contribution is 2.39. The molecule has 0 aromatic carbocycles. The van der Waals surface area contributed by atoms with Gasteiger partial charge in [0.05, 0.1) is 6.07 Å². The Labute approximate surface area is 98.6 Å². The summed E-state index contributed by atoms with van der Waals surface area (Å²) in [5, 5.41) is 9.28. The molecule has 0 radical (unpaired) electrons. The highest BCUT2D eigenvalue weighted by molar-refractivity contribution is 5.15. The van der Waals surface area contributed by atoms with Crippen LogP contribution in [-0.4, -0.2) is 29.6 Å². The zero-order valence-corrected chi connectivity index (χ0v) is 10.3. The van der Waals surface area contributed by atoms with Crippen LogP contribution in [0.5, 0.6) is 0 Å². The van der Waals surface area contributed by atoms with Crippen molar-refractivity contribution < 1.29 is 0 Å². The maximum absolute atomic E-state index is 9.28. The standard InChI is InChI=1S/C13H23N3/c1-2-16(12-5-3-4-6-12)10-13(15,9-14)11-7-8-11/h11-12H,2-8,10,15H2,1H3. The quantitative estimate of drug-likeness (QED) is 0.771. The highest BCUT2D eigenvalue weighted by Gasteiger charge is 2.44. The number of nitrogens with two attached hydrogens (primary N) is 1. The molecule has 0 aromatic heterocycles. The van der Waals surface area contributed by atoms with Crippen LogP contribution >= 0.6 is 0 Å². The van der Waals surface area contributed by atoms with Crippen molar-refractivity contribution in [1.82, 2.24) is 4.90 Å². The van der Waals surface area contributed by atoms with Crippen molar-refractivity contribution in [3.8, 4) is 6.07 Å². The van der Waals surface area contributed by atoms with E-state index < -0.39 is 5.54 Å². The van der Waals surface area contributed by atoms with Gasteiger partial charge in [0, 0.05) is 12.6 Å². The summed E-state index contributed by atoms with van der Waals surface area (Å²) in [6.07, 6.45) is 7.56. The van der Waals surface area contributed by atoms with Crippen LogP contribution in [0, 0.1) is 17.2 Å². The fourth-order valence-corrected chi connectivity index (χ4v) is 2.96. The van der Waals surface area contributed by atoms with Crippen LogP contribution in [0.3, 0.4) is 0 Å². The molecule has 1 unspecified atom stereocenters. The highest BCUT2D eigenvalue weighted by atomic mass is 15.2. The van der Waals surface area contributed by atoms with Crippen LogP contribution in [0.15, 0.2) is 0 Å². The number of nitriles is 1. The second kappa shape index (κ2) is 4.73. The molecule has 0 bridgehead atoms. The van der Waals surface area contributed by atoms with E-state index in [1.165, 1.54) is 25.7 Å². The number of likely N-dealkylation sites (N-methyl/N-ethyl adjacent to an activating group) is 1. The van der Waals surface area contributed by atoms with E-state index in [9.17, 15) is 5.26 Å². The Balaban J connectivity index is 1.96. The van der Waals surface area contributed by atoms with E-state index in [0.29, 0.717) is 12.0 Å². The van der Waals surface area contributed by atoms with Gasteiger partial charge < -0.3 is 5.73 Å². The first kappa shape index (κ1) is 11.9. The Morgan fingerprint density at radius 1 is 1.31 bits per heavy atom. The van der Waals surface area contributed by atoms with Gasteiger partial charge in [0.2, 0.25) is 0 Å². The van der Waals surface area contributed by atoms with Gasteiger partial charge in [0.25, 0.3) is 0 Å². The predicted molar refractivity (Wildman–Crippen MR) is 64.8 cm³/mol. The van der Waals surface area contributed by atoms with Crippen molar-refractivity contribution in [1.29, 1.82) is 5.26 Å². The molecule has 2 fully saturated rings. The summed E-state index contributed by atoms with van der Waals surface area (Å²) in [7, 11) is 0. The summed E-state index contributed by atoms with van der Waals surface area (Å²) < 4.78 is 0. The zero-order chi connectivity index (χ0) is 11.6. The van der Waals surface area contributed by atoms with Crippen molar-refractivity contribution in [3.05, 3.63) is 0 Å². The third-order valence-corrected chi connectivity index (χ3v) is 4.23. The van der Waals surface area contributed by atoms with Crippen LogP contribution in [0.4, 0.5) is 0 Å². The predicted octanol–water partition coefficient (Wildman–Crippen LogP) is 1.88. The Morgan fingerprint density at radius 2 is 1.94 bits per heavy atom. The van der Waals surface area contributed by atoms with E-state index in [0.717, 1.165) is 25.9 Å². The molecule has 0 amide bonds. The molecule has 2 rings (SSSR count). The minimum absolute atomic E-state index is 0.452. The van der Waals surface area contributed by atoms with Gasteiger partial charge in [-0.2, -0.15) is 5.26 Å². The molecule has 2 saturated carbocycles. The molecular weight excluding hydrogens is 198 g/mol. The molecule has 2 aliphatic carbocycles. The van der Waals surface area contributed by atoms with Gasteiger partial charge in [-0.25, -0.2) is 0 Å². The first-order valence-corrected chi connectivity index (χ1v) is 6.64. The summed E-state index contributed by atoms with van der Waals surface area (Å²) in [5.41, 5.74) is 5.66. The van der Waals surface area contributed by atoms with Gasteiger partial charge in [-0.05, 0) is 38.1 Å². The first-order valence-electron chi connectivity index (χ1n) is 6.64. The number of hydrogen-bond acceptors (Lipinski definition) is 3. The van der Waals surface area contributed by atoms with E-state index in [4.69, 9.17) is 5.73 Å². The van der Waals surface area contributed by atoms with Crippen molar-refractivity contribution in [2.75, 3.05) is 13.1 Å². The molecule has 16 heavy (non-hydrogen) atoms. The molecule has 3 nitrogen and oxygen atoms in total. The summed E-state index contributed by atoms with van der Waals surface area (Å²) in [5.74, 6) is 0.452. The van der Waals surface area contributed by atoms with E-state index in [-0.39, 0.29) is 0 Å². The third-order valence-electron chi connectivity index (χ3n) is 4.23. The molecule has 2 aliphatic rings. The van der Waals surface area contributed by atoms with E-state index >= 15 is 0 Å². The zero-order valence-electron chi connectivity index (χ0n) is 10.3. The van der Waals surface area contributed by atoms with Gasteiger partial charge in [0.15, 0.2) is 0 Å². The van der Waals surface area contributed by atoms with Crippen molar-refractivity contribution in [3.63, 3.8) is 0 Å². The average molecular weight is 221 g/mol. The molecule has 0 heterocycles. The monoisotopic (exact) mass is 221 g/mol. The minimum atomic E-state index is -0.585. The van der Waals surface area contributed by atoms with E-state index in [1.54, 1.807) is 0 Å². The third kappa shape index (κ3) is 2.39. The van der Waals surface area contributed by atoms with Crippen LogP contribution in [-0.2, 0) is 0 Å². The number of rotatable bonds is 5. The second-order valence-corrected chi connectivity index (χ2v) is 5.43. The summed E-state index contributed by atoms with van der Waals surface area (Å²) in [6.45, 7) is 3.98. The smallest absolute Gasteiger partial charge is 0.119 e. The Kier molecular flexibility index (Phi) is 3.51. The number of nitrogens with zero attached hydrogens (tertiary/aromatic N) is 2. The molecule has 0 spiro atoms. The van der Waals surface area contributed by atoms with Crippen molar-refractivity contribution >= 4 is 0 Å². The Hall–Kier alpha value is -0.590. The summed E-state index contributed by atoms with van der Waals surface area (Å²) >= 11 is 0. The lowest BCUT2D eigenvalue weighted by molar-refractivity contribution is 0.171.